The predicted molar refractivity (Wildman–Crippen MR) is 227 cm³/mol. The van der Waals surface area contributed by atoms with E-state index in [9.17, 15) is 0 Å². The normalized spacial score (nSPS) is 11.6. The number of hydrogen-bond donors (Lipinski definition) is 0. The van der Waals surface area contributed by atoms with Gasteiger partial charge in [-0.15, -0.1) is 0 Å². The van der Waals surface area contributed by atoms with Gasteiger partial charge in [0.25, 0.3) is 0 Å². The fourth-order valence-corrected chi connectivity index (χ4v) is 8.08. The number of fused-ring (bicyclic) bond motifs is 8. The summed E-state index contributed by atoms with van der Waals surface area (Å²) in [6.45, 7) is 0. The highest BCUT2D eigenvalue weighted by molar-refractivity contribution is 6.25. The molecule has 11 rings (SSSR count). The highest BCUT2D eigenvalue weighted by Crippen LogP contribution is 2.45. The molecule has 0 bridgehead atoms. The van der Waals surface area contributed by atoms with Gasteiger partial charge in [0.1, 0.15) is 11.2 Å². The number of rotatable bonds is 5. The molecular formula is C51H31N3O. The monoisotopic (exact) mass is 701 g/mol. The number of nitrogens with zero attached hydrogens (tertiary/aromatic N) is 3. The summed E-state index contributed by atoms with van der Waals surface area (Å²) in [7, 11) is 0. The van der Waals surface area contributed by atoms with Crippen molar-refractivity contribution in [1.82, 2.24) is 15.0 Å². The van der Waals surface area contributed by atoms with E-state index in [2.05, 4.69) is 140 Å². The molecule has 0 radical (unpaired) electrons. The first kappa shape index (κ1) is 31.1. The van der Waals surface area contributed by atoms with E-state index in [1.165, 1.54) is 21.5 Å². The molecule has 0 spiro atoms. The fraction of sp³-hybridized carbons (Fsp3) is 0. The van der Waals surface area contributed by atoms with Gasteiger partial charge in [-0.2, -0.15) is 0 Å². The maximum Gasteiger partial charge on any atom is 0.160 e. The van der Waals surface area contributed by atoms with Crippen molar-refractivity contribution in [1.29, 1.82) is 0 Å². The molecule has 0 aliphatic heterocycles. The molecule has 4 heteroatoms. The van der Waals surface area contributed by atoms with Crippen LogP contribution in [0.5, 0.6) is 0 Å². The Balaban J connectivity index is 1.10. The van der Waals surface area contributed by atoms with Crippen molar-refractivity contribution in [3.63, 3.8) is 0 Å². The molecule has 3 aromatic heterocycles. The van der Waals surface area contributed by atoms with Crippen molar-refractivity contribution in [3.8, 4) is 56.3 Å². The molecule has 0 unspecified atom stereocenters. The van der Waals surface area contributed by atoms with Crippen molar-refractivity contribution < 1.29 is 4.42 Å². The Morgan fingerprint density at radius 3 is 1.69 bits per heavy atom. The average molecular weight is 702 g/mol. The molecular weight excluding hydrogens is 671 g/mol. The van der Waals surface area contributed by atoms with Gasteiger partial charge in [0, 0.05) is 27.6 Å². The van der Waals surface area contributed by atoms with Crippen LogP contribution in [-0.4, -0.2) is 15.0 Å². The molecule has 11 aromatic rings. The summed E-state index contributed by atoms with van der Waals surface area (Å²) in [5, 5.41) is 7.85. The standard InChI is InChI=1S/C51H31N3O/c1-3-14-33(15-4-1)44-31-45(34-16-5-2-6-17-34)54-51(53-44)35-28-26-32(27-29-35)38-23-13-24-43-47(38)50-48(41-22-11-12-25-46(41)55-50)49(52-43)42-30-36-18-7-8-19-37(36)39-20-9-10-21-40(39)42/h1-31H. The summed E-state index contributed by atoms with van der Waals surface area (Å²) in [5.41, 5.74) is 11.5. The average Bonchev–Trinajstić information content (AvgIpc) is 3.66. The Morgan fingerprint density at radius 2 is 0.964 bits per heavy atom. The highest BCUT2D eigenvalue weighted by Gasteiger charge is 2.22. The highest BCUT2D eigenvalue weighted by atomic mass is 16.3. The fourth-order valence-electron chi connectivity index (χ4n) is 8.08. The Morgan fingerprint density at radius 1 is 0.364 bits per heavy atom. The van der Waals surface area contributed by atoms with Crippen molar-refractivity contribution in [2.24, 2.45) is 0 Å². The lowest BCUT2D eigenvalue weighted by Gasteiger charge is -2.14. The second kappa shape index (κ2) is 12.6. The molecule has 256 valence electrons. The second-order valence-corrected chi connectivity index (χ2v) is 13.9. The van der Waals surface area contributed by atoms with E-state index in [1.807, 2.05) is 48.5 Å². The largest absolute Gasteiger partial charge is 0.455 e. The van der Waals surface area contributed by atoms with Gasteiger partial charge in [0.05, 0.1) is 33.4 Å². The third-order valence-corrected chi connectivity index (χ3v) is 10.7. The zero-order valence-corrected chi connectivity index (χ0v) is 29.6. The number of pyridine rings is 1. The van der Waals surface area contributed by atoms with Gasteiger partial charge in [0.15, 0.2) is 5.82 Å². The van der Waals surface area contributed by atoms with Crippen LogP contribution in [0.15, 0.2) is 192 Å². The SMILES string of the molecule is c1ccc(-c2cc(-c3ccccc3)nc(-c3ccc(-c4cccc5nc(-c6cc7ccccc7c7ccccc67)c6c7ccccc7oc6c45)cc3)n2)cc1. The molecule has 0 N–H and O–H groups in total. The van der Waals surface area contributed by atoms with Crippen LogP contribution in [0.1, 0.15) is 0 Å². The van der Waals surface area contributed by atoms with E-state index in [0.29, 0.717) is 5.82 Å². The summed E-state index contributed by atoms with van der Waals surface area (Å²) in [6.07, 6.45) is 0. The minimum Gasteiger partial charge on any atom is -0.455 e. The lowest BCUT2D eigenvalue weighted by Crippen LogP contribution is -1.96. The molecule has 3 heterocycles. The summed E-state index contributed by atoms with van der Waals surface area (Å²) in [5.74, 6) is 0.679. The van der Waals surface area contributed by atoms with E-state index in [0.717, 1.165) is 83.3 Å². The first-order chi connectivity index (χ1) is 27.3. The molecule has 0 saturated heterocycles. The smallest absolute Gasteiger partial charge is 0.160 e. The van der Waals surface area contributed by atoms with Crippen LogP contribution in [0, 0.1) is 0 Å². The van der Waals surface area contributed by atoms with Crippen molar-refractivity contribution >= 4 is 54.4 Å². The van der Waals surface area contributed by atoms with Crippen LogP contribution in [0.2, 0.25) is 0 Å². The molecule has 8 aromatic carbocycles. The van der Waals surface area contributed by atoms with Crippen molar-refractivity contribution in [2.75, 3.05) is 0 Å². The quantitative estimate of drug-likeness (QED) is 0.168. The minimum absolute atomic E-state index is 0.679. The van der Waals surface area contributed by atoms with E-state index in [1.54, 1.807) is 0 Å². The summed E-state index contributed by atoms with van der Waals surface area (Å²) in [4.78, 5) is 15.6. The maximum absolute atomic E-state index is 6.83. The molecule has 0 atom stereocenters. The summed E-state index contributed by atoms with van der Waals surface area (Å²) in [6, 6.07) is 65.3. The van der Waals surface area contributed by atoms with Gasteiger partial charge in [0.2, 0.25) is 0 Å². The van der Waals surface area contributed by atoms with Crippen molar-refractivity contribution in [2.45, 2.75) is 0 Å². The van der Waals surface area contributed by atoms with Crippen LogP contribution in [0.25, 0.3) is 111 Å². The zero-order valence-electron chi connectivity index (χ0n) is 29.6. The lowest BCUT2D eigenvalue weighted by atomic mass is 9.92. The molecule has 4 nitrogen and oxygen atoms in total. The molecule has 0 aliphatic carbocycles. The van der Waals surface area contributed by atoms with Gasteiger partial charge < -0.3 is 4.42 Å². The summed E-state index contributed by atoms with van der Waals surface area (Å²) >= 11 is 0. The number of para-hydroxylation sites is 1. The molecule has 0 fully saturated rings. The van der Waals surface area contributed by atoms with Crippen molar-refractivity contribution in [3.05, 3.63) is 188 Å². The van der Waals surface area contributed by atoms with E-state index in [-0.39, 0.29) is 0 Å². The van der Waals surface area contributed by atoms with Crippen LogP contribution < -0.4 is 0 Å². The molecule has 0 saturated carbocycles. The molecule has 0 amide bonds. The zero-order chi connectivity index (χ0) is 36.3. The predicted octanol–water partition coefficient (Wildman–Crippen LogP) is 13.6. The lowest BCUT2D eigenvalue weighted by molar-refractivity contribution is 0.672. The third-order valence-electron chi connectivity index (χ3n) is 10.7. The van der Waals surface area contributed by atoms with Gasteiger partial charge in [-0.25, -0.2) is 15.0 Å². The van der Waals surface area contributed by atoms with Crippen LogP contribution in [0.4, 0.5) is 0 Å². The van der Waals surface area contributed by atoms with Gasteiger partial charge in [-0.3, -0.25) is 0 Å². The van der Waals surface area contributed by atoms with Gasteiger partial charge in [-0.1, -0.05) is 164 Å². The topological polar surface area (TPSA) is 51.8 Å². The maximum atomic E-state index is 6.83. The molecule has 55 heavy (non-hydrogen) atoms. The second-order valence-electron chi connectivity index (χ2n) is 13.9. The Bertz CT molecular complexity index is 3180. The van der Waals surface area contributed by atoms with E-state index < -0.39 is 0 Å². The van der Waals surface area contributed by atoms with Crippen LogP contribution in [-0.2, 0) is 0 Å². The van der Waals surface area contributed by atoms with Crippen LogP contribution >= 0.6 is 0 Å². The minimum atomic E-state index is 0.679. The molecule has 0 aliphatic rings. The Labute approximate surface area is 317 Å². The van der Waals surface area contributed by atoms with Crippen LogP contribution in [0.3, 0.4) is 0 Å². The van der Waals surface area contributed by atoms with E-state index in [4.69, 9.17) is 19.4 Å². The third kappa shape index (κ3) is 5.19. The number of furan rings is 1. The Kier molecular flexibility index (Phi) is 7.14. The first-order valence-electron chi connectivity index (χ1n) is 18.5. The van der Waals surface area contributed by atoms with Gasteiger partial charge >= 0.3 is 0 Å². The van der Waals surface area contributed by atoms with Gasteiger partial charge in [-0.05, 0) is 56.9 Å². The summed E-state index contributed by atoms with van der Waals surface area (Å²) < 4.78 is 6.83. The number of hydrogen-bond acceptors (Lipinski definition) is 4. The Hall–Kier alpha value is -7.43. The number of aromatic nitrogens is 3. The number of benzene rings is 8. The first-order valence-corrected chi connectivity index (χ1v) is 18.5. The van der Waals surface area contributed by atoms with E-state index >= 15 is 0 Å².